The largest absolute Gasteiger partial charge is 0.384 e. The third-order valence-electron chi connectivity index (χ3n) is 1.83. The summed E-state index contributed by atoms with van der Waals surface area (Å²) in [4.78, 5) is 26.4. The molecule has 6 heteroatoms. The summed E-state index contributed by atoms with van der Waals surface area (Å²) in [6, 6.07) is 2.98. The zero-order chi connectivity index (χ0) is 12.0. The van der Waals surface area contributed by atoms with E-state index >= 15 is 0 Å². The molecule has 1 aromatic rings. The van der Waals surface area contributed by atoms with Crippen LogP contribution in [0.2, 0.25) is 0 Å². The van der Waals surface area contributed by atoms with Gasteiger partial charge in [-0.3, -0.25) is 9.59 Å². The van der Waals surface area contributed by atoms with Gasteiger partial charge in [-0.05, 0) is 19.1 Å². The highest BCUT2D eigenvalue weighted by molar-refractivity contribution is 5.96. The summed E-state index contributed by atoms with van der Waals surface area (Å²) in [5.41, 5.74) is 5.82. The highest BCUT2D eigenvalue weighted by atomic mass is 16.2. The number of hydrogen-bond acceptors (Lipinski definition) is 4. The lowest BCUT2D eigenvalue weighted by atomic mass is 10.2. The minimum Gasteiger partial charge on any atom is -0.384 e. The number of anilines is 1. The van der Waals surface area contributed by atoms with E-state index in [4.69, 9.17) is 5.73 Å². The number of rotatable bonds is 4. The summed E-state index contributed by atoms with van der Waals surface area (Å²) in [5.74, 6) is -0.302. The third-order valence-corrected chi connectivity index (χ3v) is 1.83. The van der Waals surface area contributed by atoms with Crippen molar-refractivity contribution in [2.45, 2.75) is 6.92 Å². The number of hydrogen-bond donors (Lipinski definition) is 3. The van der Waals surface area contributed by atoms with E-state index in [0.717, 1.165) is 0 Å². The van der Waals surface area contributed by atoms with E-state index in [0.29, 0.717) is 12.1 Å². The molecule has 0 aliphatic heterocycles. The van der Waals surface area contributed by atoms with Gasteiger partial charge in [-0.1, -0.05) is 0 Å². The Morgan fingerprint density at radius 3 is 2.81 bits per heavy atom. The van der Waals surface area contributed by atoms with Crippen LogP contribution in [-0.2, 0) is 4.79 Å². The van der Waals surface area contributed by atoms with Crippen molar-refractivity contribution in [3.63, 3.8) is 0 Å². The molecule has 4 N–H and O–H groups in total. The quantitative estimate of drug-likeness (QED) is 0.641. The van der Waals surface area contributed by atoms with Crippen molar-refractivity contribution >= 4 is 17.6 Å². The number of nitrogens with two attached hydrogens (primary N) is 1. The van der Waals surface area contributed by atoms with E-state index in [2.05, 4.69) is 15.6 Å². The lowest BCUT2D eigenvalue weighted by Crippen LogP contribution is -2.36. The minimum absolute atomic E-state index is 0.0467. The molecule has 0 saturated heterocycles. The first-order valence-electron chi connectivity index (χ1n) is 4.90. The van der Waals surface area contributed by atoms with Gasteiger partial charge in [0.1, 0.15) is 5.82 Å². The fourth-order valence-corrected chi connectivity index (χ4v) is 1.11. The lowest BCUT2D eigenvalue weighted by Gasteiger charge is -2.05. The highest BCUT2D eigenvalue weighted by Gasteiger charge is 2.07. The molecule has 1 heterocycles. The standard InChI is InChI=1S/C10H14N4O2/c1-2-12-9(15)6-14-10(16)7-3-4-13-8(11)5-7/h3-5H,2,6H2,1H3,(H2,11,13)(H,12,15)(H,14,16). The Bertz CT molecular complexity index is 392. The van der Waals surface area contributed by atoms with E-state index in [1.54, 1.807) is 0 Å². The molecule has 6 nitrogen and oxygen atoms in total. The number of carbonyl (C=O) groups excluding carboxylic acids is 2. The summed E-state index contributed by atoms with van der Waals surface area (Å²) in [6.45, 7) is 2.30. The molecule has 1 aromatic heterocycles. The van der Waals surface area contributed by atoms with Gasteiger partial charge in [0.25, 0.3) is 5.91 Å². The second-order valence-electron chi connectivity index (χ2n) is 3.11. The molecule has 0 atom stereocenters. The van der Waals surface area contributed by atoms with Crippen LogP contribution in [0.3, 0.4) is 0 Å². The molecule has 0 aromatic carbocycles. The molecule has 0 spiro atoms. The summed E-state index contributed by atoms with van der Waals surface area (Å²) >= 11 is 0. The first-order valence-corrected chi connectivity index (χ1v) is 4.90. The van der Waals surface area contributed by atoms with Crippen LogP contribution >= 0.6 is 0 Å². The van der Waals surface area contributed by atoms with Gasteiger partial charge in [-0.15, -0.1) is 0 Å². The zero-order valence-corrected chi connectivity index (χ0v) is 8.99. The Balaban J connectivity index is 2.50. The van der Waals surface area contributed by atoms with Crippen molar-refractivity contribution in [1.82, 2.24) is 15.6 Å². The van der Waals surface area contributed by atoms with E-state index in [9.17, 15) is 9.59 Å². The van der Waals surface area contributed by atoms with E-state index < -0.39 is 0 Å². The Morgan fingerprint density at radius 2 is 2.19 bits per heavy atom. The van der Waals surface area contributed by atoms with Gasteiger partial charge in [-0.2, -0.15) is 0 Å². The van der Waals surface area contributed by atoms with Crippen molar-refractivity contribution in [2.24, 2.45) is 0 Å². The van der Waals surface area contributed by atoms with Crippen LogP contribution in [0.25, 0.3) is 0 Å². The molecule has 16 heavy (non-hydrogen) atoms. The first-order chi connectivity index (χ1) is 7.63. The van der Waals surface area contributed by atoms with Crippen molar-refractivity contribution in [1.29, 1.82) is 0 Å². The molecular weight excluding hydrogens is 208 g/mol. The number of carbonyl (C=O) groups is 2. The second-order valence-corrected chi connectivity index (χ2v) is 3.11. The summed E-state index contributed by atoms with van der Waals surface area (Å²) in [5, 5.41) is 5.05. The van der Waals surface area contributed by atoms with Crippen molar-refractivity contribution in [3.8, 4) is 0 Å². The predicted octanol–water partition coefficient (Wildman–Crippen LogP) is -0.470. The molecule has 1 rings (SSSR count). The number of amides is 2. The maximum atomic E-state index is 11.5. The number of aromatic nitrogens is 1. The van der Waals surface area contributed by atoms with E-state index in [-0.39, 0.29) is 24.2 Å². The van der Waals surface area contributed by atoms with Crippen LogP contribution in [0, 0.1) is 0 Å². The monoisotopic (exact) mass is 222 g/mol. The van der Waals surface area contributed by atoms with Crippen LogP contribution in [0.5, 0.6) is 0 Å². The molecule has 0 unspecified atom stereocenters. The molecule has 86 valence electrons. The van der Waals surface area contributed by atoms with Crippen LogP contribution in [0.15, 0.2) is 18.3 Å². The first kappa shape index (κ1) is 12.0. The van der Waals surface area contributed by atoms with Crippen LogP contribution < -0.4 is 16.4 Å². The number of pyridine rings is 1. The maximum Gasteiger partial charge on any atom is 0.251 e. The summed E-state index contributed by atoms with van der Waals surface area (Å²) in [7, 11) is 0. The second kappa shape index (κ2) is 5.69. The minimum atomic E-state index is -0.347. The van der Waals surface area contributed by atoms with E-state index in [1.807, 2.05) is 6.92 Å². The van der Waals surface area contributed by atoms with Gasteiger partial charge in [0, 0.05) is 18.3 Å². The molecule has 0 radical (unpaired) electrons. The normalized spacial score (nSPS) is 9.56. The fraction of sp³-hybridized carbons (Fsp3) is 0.300. The molecule has 0 aliphatic carbocycles. The van der Waals surface area contributed by atoms with Crippen molar-refractivity contribution < 1.29 is 9.59 Å². The number of likely N-dealkylation sites (N-methyl/N-ethyl adjacent to an activating group) is 1. The van der Waals surface area contributed by atoms with Gasteiger partial charge in [0.15, 0.2) is 0 Å². The van der Waals surface area contributed by atoms with Crippen LogP contribution in [-0.4, -0.2) is 29.9 Å². The SMILES string of the molecule is CCNC(=O)CNC(=O)c1ccnc(N)c1. The topological polar surface area (TPSA) is 97.1 Å². The average molecular weight is 222 g/mol. The Kier molecular flexibility index (Phi) is 4.26. The molecular formula is C10H14N4O2. The third kappa shape index (κ3) is 3.56. The van der Waals surface area contributed by atoms with Crippen LogP contribution in [0.4, 0.5) is 5.82 Å². The number of nitrogen functional groups attached to an aromatic ring is 1. The smallest absolute Gasteiger partial charge is 0.251 e. The van der Waals surface area contributed by atoms with E-state index in [1.165, 1.54) is 18.3 Å². The molecule has 0 fully saturated rings. The fourth-order valence-electron chi connectivity index (χ4n) is 1.11. The lowest BCUT2D eigenvalue weighted by molar-refractivity contribution is -0.120. The molecule has 0 saturated carbocycles. The highest BCUT2D eigenvalue weighted by Crippen LogP contribution is 2.01. The van der Waals surface area contributed by atoms with Gasteiger partial charge >= 0.3 is 0 Å². The number of nitrogens with one attached hydrogen (secondary N) is 2. The molecule has 2 amide bonds. The van der Waals surface area contributed by atoms with Gasteiger partial charge in [0.2, 0.25) is 5.91 Å². The van der Waals surface area contributed by atoms with Crippen molar-refractivity contribution in [2.75, 3.05) is 18.8 Å². The van der Waals surface area contributed by atoms with Gasteiger partial charge < -0.3 is 16.4 Å². The number of nitrogens with zero attached hydrogens (tertiary/aromatic N) is 1. The van der Waals surface area contributed by atoms with Gasteiger partial charge in [-0.25, -0.2) is 4.98 Å². The summed E-state index contributed by atoms with van der Waals surface area (Å²) < 4.78 is 0. The van der Waals surface area contributed by atoms with Gasteiger partial charge in [0.05, 0.1) is 6.54 Å². The average Bonchev–Trinajstić information content (AvgIpc) is 2.26. The van der Waals surface area contributed by atoms with Crippen molar-refractivity contribution in [3.05, 3.63) is 23.9 Å². The summed E-state index contributed by atoms with van der Waals surface area (Å²) in [6.07, 6.45) is 1.44. The maximum absolute atomic E-state index is 11.5. The predicted molar refractivity (Wildman–Crippen MR) is 59.7 cm³/mol. The molecule has 0 bridgehead atoms. The molecule has 0 aliphatic rings. The zero-order valence-electron chi connectivity index (χ0n) is 8.99. The van der Waals surface area contributed by atoms with Crippen LogP contribution in [0.1, 0.15) is 17.3 Å². The Hall–Kier alpha value is -2.11. The Labute approximate surface area is 93.2 Å². The Morgan fingerprint density at radius 1 is 1.44 bits per heavy atom.